The van der Waals surface area contributed by atoms with Gasteiger partial charge in [-0.05, 0) is 46.3 Å². The van der Waals surface area contributed by atoms with E-state index in [-0.39, 0.29) is 22.2 Å². The first-order chi connectivity index (χ1) is 11.4. The maximum absolute atomic E-state index is 6.91. The fourth-order valence-electron chi connectivity index (χ4n) is 5.44. The van der Waals surface area contributed by atoms with Gasteiger partial charge >= 0.3 is 0 Å². The van der Waals surface area contributed by atoms with Gasteiger partial charge in [0.05, 0.1) is 0 Å². The number of hydrogen-bond donors (Lipinski definition) is 1. The number of nitrogens with zero attached hydrogens (tertiary/aromatic N) is 1. The number of likely N-dealkylation sites (N-methyl/N-ethyl adjacent to an activating group) is 1. The molecule has 2 aliphatic rings. The van der Waals surface area contributed by atoms with Crippen molar-refractivity contribution in [2.45, 2.75) is 49.9 Å². The Hall–Kier alpha value is -1.25. The van der Waals surface area contributed by atoms with E-state index in [4.69, 9.17) is 16.9 Å². The van der Waals surface area contributed by atoms with Crippen LogP contribution in [0.5, 0.6) is 0 Å². The summed E-state index contributed by atoms with van der Waals surface area (Å²) in [7, 11) is 1.94. The van der Waals surface area contributed by atoms with Gasteiger partial charge in [0.1, 0.15) is 0 Å². The standard InChI is InChI=1S/C21H26ClN2/c1-6-21(4)16(22)10-14-18(19(21)23-5)12-11-24-15-9-7-8-13(17(12)15)20(14,2)3/h6-9,11,14,16,18-19,24H,1,10H2,2-5H3/q-1/t14-,16+,18+,19+,21-/m0/s1. The summed E-state index contributed by atoms with van der Waals surface area (Å²) in [6, 6.07) is 6.79. The Bertz CT molecular complexity index is 805. The molecule has 1 N–H and O–H groups in total. The number of aromatic amines is 1. The minimum absolute atomic E-state index is 0.0592. The van der Waals surface area contributed by atoms with E-state index in [1.54, 1.807) is 0 Å². The molecule has 4 rings (SSSR count). The van der Waals surface area contributed by atoms with Crippen molar-refractivity contribution in [2.75, 3.05) is 7.05 Å². The van der Waals surface area contributed by atoms with E-state index < -0.39 is 0 Å². The predicted molar refractivity (Wildman–Crippen MR) is 103 cm³/mol. The molecule has 1 fully saturated rings. The van der Waals surface area contributed by atoms with Crippen LogP contribution < -0.4 is 0 Å². The third-order valence-electron chi connectivity index (χ3n) is 6.98. The molecule has 0 bridgehead atoms. The van der Waals surface area contributed by atoms with Gasteiger partial charge in [0.25, 0.3) is 0 Å². The van der Waals surface area contributed by atoms with Gasteiger partial charge in [-0.2, -0.15) is 7.05 Å². The fraction of sp³-hybridized carbons (Fsp3) is 0.524. The lowest BCUT2D eigenvalue weighted by Crippen LogP contribution is -2.54. The predicted octanol–water partition coefficient (Wildman–Crippen LogP) is 5.73. The van der Waals surface area contributed by atoms with Gasteiger partial charge in [-0.15, -0.1) is 24.2 Å². The number of rotatable bonds is 2. The van der Waals surface area contributed by atoms with E-state index in [1.807, 2.05) is 13.1 Å². The van der Waals surface area contributed by atoms with Crippen LogP contribution in [0, 0.1) is 11.3 Å². The Morgan fingerprint density at radius 3 is 2.75 bits per heavy atom. The molecule has 24 heavy (non-hydrogen) atoms. The second-order valence-corrected chi connectivity index (χ2v) is 8.83. The van der Waals surface area contributed by atoms with Crippen LogP contribution in [0.15, 0.2) is 37.1 Å². The van der Waals surface area contributed by atoms with Crippen LogP contribution in [0.3, 0.4) is 0 Å². The molecule has 0 radical (unpaired) electrons. The number of H-pyrrole nitrogens is 1. The van der Waals surface area contributed by atoms with E-state index in [9.17, 15) is 0 Å². The number of fused-ring (bicyclic) bond motifs is 2. The molecule has 2 aliphatic carbocycles. The first-order valence-electron chi connectivity index (χ1n) is 8.83. The maximum Gasteiger partial charge on any atom is 0.0459 e. The zero-order chi connectivity index (χ0) is 17.3. The molecule has 0 saturated heterocycles. The lowest BCUT2D eigenvalue weighted by atomic mass is 9.51. The molecule has 1 heterocycles. The number of alkyl halides is 1. The highest BCUT2D eigenvalue weighted by Crippen LogP contribution is 2.61. The first-order valence-corrected chi connectivity index (χ1v) is 9.27. The molecule has 0 spiro atoms. The van der Waals surface area contributed by atoms with Gasteiger partial charge in [0.15, 0.2) is 0 Å². The van der Waals surface area contributed by atoms with E-state index >= 15 is 0 Å². The lowest BCUT2D eigenvalue weighted by Gasteiger charge is -2.61. The van der Waals surface area contributed by atoms with Crippen LogP contribution in [0.25, 0.3) is 16.2 Å². The van der Waals surface area contributed by atoms with Crippen molar-refractivity contribution in [3.8, 4) is 0 Å². The Morgan fingerprint density at radius 2 is 2.08 bits per heavy atom. The molecule has 1 saturated carbocycles. The molecule has 2 nitrogen and oxygen atoms in total. The van der Waals surface area contributed by atoms with Gasteiger partial charge in [-0.3, -0.25) is 0 Å². The average molecular weight is 342 g/mol. The van der Waals surface area contributed by atoms with E-state index in [0.29, 0.717) is 11.8 Å². The summed E-state index contributed by atoms with van der Waals surface area (Å²) in [5.74, 6) is 0.863. The largest absolute Gasteiger partial charge is 0.661 e. The summed E-state index contributed by atoms with van der Waals surface area (Å²) in [4.78, 5) is 3.49. The Labute approximate surface area is 149 Å². The number of benzene rings is 1. The fourth-order valence-corrected chi connectivity index (χ4v) is 5.85. The SMILES string of the molecule is C=C[C@@]1(C)[C@H](Cl)C[C@H]2[C@@H](c3c[nH]c4cccc(c34)C2(C)C)[C@H]1[N-]C. The zero-order valence-electron chi connectivity index (χ0n) is 14.9. The van der Waals surface area contributed by atoms with Crippen LogP contribution in [0.4, 0.5) is 0 Å². The molecular weight excluding hydrogens is 316 g/mol. The molecule has 1 aromatic heterocycles. The van der Waals surface area contributed by atoms with E-state index in [1.165, 1.54) is 22.0 Å². The number of halogens is 1. The van der Waals surface area contributed by atoms with Crippen molar-refractivity contribution >= 4 is 22.5 Å². The number of nitrogens with one attached hydrogen (secondary N) is 1. The molecule has 3 heteroatoms. The van der Waals surface area contributed by atoms with Gasteiger partial charge in [-0.25, -0.2) is 0 Å². The summed E-state index contributed by atoms with van der Waals surface area (Å²) in [5, 5.41) is 6.30. The molecular formula is C21H26ClN2-. The summed E-state index contributed by atoms with van der Waals surface area (Å²) < 4.78 is 0. The van der Waals surface area contributed by atoms with E-state index in [2.05, 4.69) is 56.7 Å². The second kappa shape index (κ2) is 5.12. The topological polar surface area (TPSA) is 29.9 Å². The van der Waals surface area contributed by atoms with Gasteiger partial charge in [-0.1, -0.05) is 39.0 Å². The molecule has 0 aliphatic heterocycles. The van der Waals surface area contributed by atoms with Gasteiger partial charge in [0.2, 0.25) is 0 Å². The summed E-state index contributed by atoms with van der Waals surface area (Å²) in [6.07, 6.45) is 5.24. The van der Waals surface area contributed by atoms with Crippen molar-refractivity contribution in [3.63, 3.8) is 0 Å². The minimum atomic E-state index is -0.177. The van der Waals surface area contributed by atoms with Gasteiger partial charge in [0, 0.05) is 22.5 Å². The molecule has 1 aromatic carbocycles. The highest BCUT2D eigenvalue weighted by Gasteiger charge is 2.53. The average Bonchev–Trinajstić information content (AvgIpc) is 2.99. The smallest absolute Gasteiger partial charge is 0.0459 e. The summed E-state index contributed by atoms with van der Waals surface area (Å²) in [5.41, 5.74) is 3.99. The van der Waals surface area contributed by atoms with Crippen molar-refractivity contribution in [1.29, 1.82) is 0 Å². The van der Waals surface area contributed by atoms with Crippen LogP contribution >= 0.6 is 11.6 Å². The molecule has 128 valence electrons. The number of aromatic nitrogens is 1. The van der Waals surface area contributed by atoms with E-state index in [0.717, 1.165) is 6.42 Å². The molecule has 0 unspecified atom stereocenters. The normalized spacial score (nSPS) is 37.2. The molecule has 0 amide bonds. The van der Waals surface area contributed by atoms with Crippen molar-refractivity contribution in [2.24, 2.45) is 11.3 Å². The highest BCUT2D eigenvalue weighted by atomic mass is 35.5. The Balaban J connectivity index is 2.01. The Kier molecular flexibility index (Phi) is 3.47. The first kappa shape index (κ1) is 16.2. The lowest BCUT2D eigenvalue weighted by molar-refractivity contribution is 0.120. The molecule has 2 aromatic rings. The third-order valence-corrected chi connectivity index (χ3v) is 7.63. The summed E-state index contributed by atoms with van der Waals surface area (Å²) >= 11 is 6.91. The van der Waals surface area contributed by atoms with Crippen molar-refractivity contribution < 1.29 is 0 Å². The van der Waals surface area contributed by atoms with Crippen LogP contribution in [-0.4, -0.2) is 23.5 Å². The number of hydrogen-bond acceptors (Lipinski definition) is 0. The minimum Gasteiger partial charge on any atom is -0.661 e. The summed E-state index contributed by atoms with van der Waals surface area (Å²) in [6.45, 7) is 11.1. The maximum atomic E-state index is 6.91. The van der Waals surface area contributed by atoms with Crippen LogP contribution in [-0.2, 0) is 5.41 Å². The zero-order valence-corrected chi connectivity index (χ0v) is 15.7. The van der Waals surface area contributed by atoms with Gasteiger partial charge < -0.3 is 10.3 Å². The quantitative estimate of drug-likeness (QED) is 0.533. The third kappa shape index (κ3) is 1.82. The van der Waals surface area contributed by atoms with Crippen molar-refractivity contribution in [3.05, 3.63) is 53.5 Å². The Morgan fingerprint density at radius 1 is 1.33 bits per heavy atom. The molecule has 5 atom stereocenters. The monoisotopic (exact) mass is 341 g/mol. The highest BCUT2D eigenvalue weighted by molar-refractivity contribution is 6.21. The van der Waals surface area contributed by atoms with Crippen LogP contribution in [0.2, 0.25) is 0 Å². The van der Waals surface area contributed by atoms with Crippen molar-refractivity contribution in [1.82, 2.24) is 4.98 Å². The second-order valence-electron chi connectivity index (χ2n) is 8.30. The van der Waals surface area contributed by atoms with Crippen LogP contribution in [0.1, 0.15) is 44.2 Å².